The summed E-state index contributed by atoms with van der Waals surface area (Å²) in [7, 11) is 0. The molecule has 0 saturated heterocycles. The second kappa shape index (κ2) is 6.19. The highest BCUT2D eigenvalue weighted by Crippen LogP contribution is 2.34. The van der Waals surface area contributed by atoms with Gasteiger partial charge in [-0.1, -0.05) is 0 Å². The molecule has 2 aromatic heterocycles. The first-order valence-electron chi connectivity index (χ1n) is 7.96. The molecule has 5 nitrogen and oxygen atoms in total. The van der Waals surface area contributed by atoms with E-state index in [1.807, 2.05) is 19.9 Å². The number of hydrogen-bond acceptors (Lipinski definition) is 4. The fourth-order valence-electron chi connectivity index (χ4n) is 3.02. The summed E-state index contributed by atoms with van der Waals surface area (Å²) in [5.41, 5.74) is 2.23. The Hall–Kier alpha value is -2.49. The zero-order valence-electron chi connectivity index (χ0n) is 13.7. The summed E-state index contributed by atoms with van der Waals surface area (Å²) in [4.78, 5) is 4.51. The van der Waals surface area contributed by atoms with Gasteiger partial charge >= 0.3 is 0 Å². The van der Waals surface area contributed by atoms with Crippen molar-refractivity contribution in [1.82, 2.24) is 14.8 Å². The Labute approximate surface area is 139 Å². The van der Waals surface area contributed by atoms with Crippen LogP contribution in [0.5, 0.6) is 0 Å². The molecule has 126 valence electrons. The molecule has 24 heavy (non-hydrogen) atoms. The quantitative estimate of drug-likeness (QED) is 0.930. The van der Waals surface area contributed by atoms with E-state index in [2.05, 4.69) is 21.5 Å². The van der Waals surface area contributed by atoms with Gasteiger partial charge in [-0.15, -0.1) is 0 Å². The molecular formula is C17H19F2N5. The van der Waals surface area contributed by atoms with Crippen LogP contribution in [0.4, 0.5) is 14.6 Å². The number of nitrogens with zero attached hydrogens (tertiary/aromatic N) is 4. The van der Waals surface area contributed by atoms with E-state index in [1.54, 1.807) is 16.8 Å². The first-order valence-corrected chi connectivity index (χ1v) is 7.96. The van der Waals surface area contributed by atoms with E-state index in [0.717, 1.165) is 11.4 Å². The maximum atomic E-state index is 13.3. The maximum absolute atomic E-state index is 13.3. The highest BCUT2D eigenvalue weighted by molar-refractivity contribution is 5.49. The first-order chi connectivity index (χ1) is 11.4. The monoisotopic (exact) mass is 331 g/mol. The van der Waals surface area contributed by atoms with Crippen molar-refractivity contribution in [2.45, 2.75) is 51.5 Å². The van der Waals surface area contributed by atoms with E-state index in [1.165, 1.54) is 0 Å². The average molecular weight is 331 g/mol. The van der Waals surface area contributed by atoms with Crippen LogP contribution in [-0.2, 0) is 0 Å². The van der Waals surface area contributed by atoms with Gasteiger partial charge in [0.15, 0.2) is 5.82 Å². The molecule has 1 aliphatic carbocycles. The van der Waals surface area contributed by atoms with Crippen molar-refractivity contribution in [3.63, 3.8) is 0 Å². The average Bonchev–Trinajstić information content (AvgIpc) is 2.88. The molecule has 0 radical (unpaired) electrons. The molecule has 0 atom stereocenters. The number of aromatic nitrogens is 3. The summed E-state index contributed by atoms with van der Waals surface area (Å²) in [5.74, 6) is -1.50. The van der Waals surface area contributed by atoms with Crippen molar-refractivity contribution in [2.24, 2.45) is 0 Å². The number of nitrogens with one attached hydrogen (secondary N) is 1. The highest BCUT2D eigenvalue weighted by Gasteiger charge is 2.34. The van der Waals surface area contributed by atoms with Gasteiger partial charge in [0.2, 0.25) is 5.92 Å². The molecular weight excluding hydrogens is 312 g/mol. The predicted molar refractivity (Wildman–Crippen MR) is 86.4 cm³/mol. The third kappa shape index (κ3) is 3.53. The van der Waals surface area contributed by atoms with E-state index < -0.39 is 5.92 Å². The lowest BCUT2D eigenvalue weighted by Gasteiger charge is -2.29. The molecule has 3 rings (SSSR count). The molecule has 0 aromatic carbocycles. The van der Waals surface area contributed by atoms with Crippen LogP contribution in [0.15, 0.2) is 18.2 Å². The Morgan fingerprint density at radius 3 is 2.54 bits per heavy atom. The largest absolute Gasteiger partial charge is 0.367 e. The van der Waals surface area contributed by atoms with Crippen LogP contribution in [-0.4, -0.2) is 26.7 Å². The minimum absolute atomic E-state index is 0.0561. The molecule has 2 aromatic rings. The highest BCUT2D eigenvalue weighted by atomic mass is 19.3. The van der Waals surface area contributed by atoms with Crippen LogP contribution >= 0.6 is 0 Å². The standard InChI is InChI=1S/C17H19F2N5/c1-11-7-12(2)24(23-11)16-9-13(10-20)8-15(22-16)21-14-3-5-17(18,19)6-4-14/h7-9,14H,3-6H2,1-2H3,(H,21,22). The Balaban J connectivity index is 1.85. The molecule has 1 saturated carbocycles. The fourth-order valence-corrected chi connectivity index (χ4v) is 3.02. The number of nitriles is 1. The van der Waals surface area contributed by atoms with Gasteiger partial charge in [-0.25, -0.2) is 18.4 Å². The van der Waals surface area contributed by atoms with Gasteiger partial charge in [0.25, 0.3) is 0 Å². The molecule has 0 aliphatic heterocycles. The number of anilines is 1. The molecule has 0 amide bonds. The number of hydrogen-bond donors (Lipinski definition) is 1. The smallest absolute Gasteiger partial charge is 0.248 e. The van der Waals surface area contributed by atoms with Gasteiger partial charge in [-0.2, -0.15) is 10.4 Å². The van der Waals surface area contributed by atoms with E-state index in [-0.39, 0.29) is 18.9 Å². The van der Waals surface area contributed by atoms with Gasteiger partial charge in [-0.05, 0) is 38.8 Å². The second-order valence-electron chi connectivity index (χ2n) is 6.32. The summed E-state index contributed by atoms with van der Waals surface area (Å²) in [5, 5.41) is 16.8. The van der Waals surface area contributed by atoms with Gasteiger partial charge in [0.05, 0.1) is 17.3 Å². The van der Waals surface area contributed by atoms with Crippen molar-refractivity contribution in [3.8, 4) is 11.9 Å². The van der Waals surface area contributed by atoms with E-state index in [4.69, 9.17) is 0 Å². The number of pyridine rings is 1. The van der Waals surface area contributed by atoms with Crippen molar-refractivity contribution >= 4 is 5.82 Å². The fraction of sp³-hybridized carbons (Fsp3) is 0.471. The summed E-state index contributed by atoms with van der Waals surface area (Å²) < 4.78 is 28.2. The topological polar surface area (TPSA) is 66.5 Å². The van der Waals surface area contributed by atoms with E-state index >= 15 is 0 Å². The molecule has 0 spiro atoms. The van der Waals surface area contributed by atoms with Crippen LogP contribution in [0, 0.1) is 25.2 Å². The molecule has 1 N–H and O–H groups in total. The lowest BCUT2D eigenvalue weighted by atomic mass is 9.92. The molecule has 1 aliphatic rings. The van der Waals surface area contributed by atoms with E-state index in [9.17, 15) is 14.0 Å². The Morgan fingerprint density at radius 2 is 1.96 bits per heavy atom. The summed E-state index contributed by atoms with van der Waals surface area (Å²) in [6, 6.07) is 7.29. The zero-order chi connectivity index (χ0) is 17.3. The van der Waals surface area contributed by atoms with Gasteiger partial charge < -0.3 is 5.32 Å². The number of alkyl halides is 2. The number of rotatable bonds is 3. The summed E-state index contributed by atoms with van der Waals surface area (Å²) >= 11 is 0. The van der Waals surface area contributed by atoms with Crippen LogP contribution in [0.2, 0.25) is 0 Å². The zero-order valence-corrected chi connectivity index (χ0v) is 13.7. The van der Waals surface area contributed by atoms with Crippen LogP contribution in [0.25, 0.3) is 5.82 Å². The lowest BCUT2D eigenvalue weighted by Crippen LogP contribution is -2.32. The number of aryl methyl sites for hydroxylation is 2. The summed E-state index contributed by atoms with van der Waals surface area (Å²) in [6.07, 6.45) is 0.543. The third-order valence-corrected chi connectivity index (χ3v) is 4.24. The van der Waals surface area contributed by atoms with Crippen molar-refractivity contribution in [3.05, 3.63) is 35.2 Å². The SMILES string of the molecule is Cc1cc(C)n(-c2cc(C#N)cc(NC3CCC(F)(F)CC3)n2)n1. The van der Waals surface area contributed by atoms with Crippen molar-refractivity contribution in [1.29, 1.82) is 5.26 Å². The Kier molecular flexibility index (Phi) is 4.22. The van der Waals surface area contributed by atoms with Gasteiger partial charge in [0, 0.05) is 30.6 Å². The Bertz CT molecular complexity index is 781. The normalized spacial score (nSPS) is 17.5. The minimum Gasteiger partial charge on any atom is -0.367 e. The van der Waals surface area contributed by atoms with Crippen LogP contribution in [0.3, 0.4) is 0 Å². The van der Waals surface area contributed by atoms with Crippen LogP contribution < -0.4 is 5.32 Å². The molecule has 0 bridgehead atoms. The predicted octanol–water partition coefficient (Wildman–Crippen LogP) is 3.75. The molecule has 2 heterocycles. The van der Waals surface area contributed by atoms with E-state index in [0.29, 0.717) is 30.0 Å². The Morgan fingerprint density at radius 1 is 1.25 bits per heavy atom. The molecule has 7 heteroatoms. The lowest BCUT2D eigenvalue weighted by molar-refractivity contribution is -0.0361. The van der Waals surface area contributed by atoms with Crippen molar-refractivity contribution in [2.75, 3.05) is 5.32 Å². The summed E-state index contributed by atoms with van der Waals surface area (Å²) in [6.45, 7) is 3.80. The first kappa shape index (κ1) is 16.4. The van der Waals surface area contributed by atoms with Crippen LogP contribution in [0.1, 0.15) is 42.6 Å². The van der Waals surface area contributed by atoms with Crippen molar-refractivity contribution < 1.29 is 8.78 Å². The van der Waals surface area contributed by atoms with Gasteiger partial charge in [-0.3, -0.25) is 0 Å². The second-order valence-corrected chi connectivity index (χ2v) is 6.32. The third-order valence-electron chi connectivity index (χ3n) is 4.24. The minimum atomic E-state index is -2.56. The van der Waals surface area contributed by atoms with Gasteiger partial charge in [0.1, 0.15) is 5.82 Å². The maximum Gasteiger partial charge on any atom is 0.248 e. The number of halogens is 2. The molecule has 0 unspecified atom stereocenters. The molecule has 1 fully saturated rings.